The van der Waals surface area contributed by atoms with Gasteiger partial charge in [-0.05, 0) is 11.4 Å². The van der Waals surface area contributed by atoms with E-state index in [0.717, 1.165) is 4.88 Å². The van der Waals surface area contributed by atoms with Crippen molar-refractivity contribution in [1.82, 2.24) is 5.32 Å². The van der Waals surface area contributed by atoms with Crippen LogP contribution < -0.4 is 11.1 Å². The Balaban J connectivity index is 2.31. The molecule has 1 aromatic rings. The highest BCUT2D eigenvalue weighted by Gasteiger charge is 2.26. The molecule has 0 saturated heterocycles. The van der Waals surface area contributed by atoms with Crippen molar-refractivity contribution in [2.24, 2.45) is 10.7 Å². The first-order valence-corrected chi connectivity index (χ1v) is 4.33. The van der Waals surface area contributed by atoms with Crippen molar-refractivity contribution in [3.05, 3.63) is 22.4 Å². The maximum Gasteiger partial charge on any atom is 0.257 e. The van der Waals surface area contributed by atoms with Gasteiger partial charge in [-0.25, -0.2) is 4.99 Å². The lowest BCUT2D eigenvalue weighted by atomic mass is 10.2. The molecule has 1 aliphatic rings. The minimum absolute atomic E-state index is 0.144. The zero-order valence-electron chi connectivity index (χ0n) is 6.15. The topological polar surface area (TPSA) is 67.5 Å². The van der Waals surface area contributed by atoms with E-state index in [1.165, 1.54) is 11.3 Å². The second-order valence-electron chi connectivity index (χ2n) is 2.42. The van der Waals surface area contributed by atoms with Gasteiger partial charge in [0.25, 0.3) is 5.91 Å². The molecule has 0 fully saturated rings. The highest BCUT2D eigenvalue weighted by Crippen LogP contribution is 2.24. The molecule has 1 aliphatic heterocycles. The van der Waals surface area contributed by atoms with Gasteiger partial charge >= 0.3 is 0 Å². The molecule has 1 atom stereocenters. The van der Waals surface area contributed by atoms with Crippen molar-refractivity contribution in [2.45, 2.75) is 6.04 Å². The summed E-state index contributed by atoms with van der Waals surface area (Å²) in [5.41, 5.74) is 5.34. The van der Waals surface area contributed by atoms with Crippen LogP contribution in [-0.2, 0) is 4.79 Å². The van der Waals surface area contributed by atoms with Crippen LogP contribution in [0.15, 0.2) is 22.5 Å². The molecular formula is C7H7N3OS. The average Bonchev–Trinajstić information content (AvgIpc) is 2.58. The van der Waals surface area contributed by atoms with Gasteiger partial charge in [0.05, 0.1) is 0 Å². The summed E-state index contributed by atoms with van der Waals surface area (Å²) >= 11 is 1.50. The summed E-state index contributed by atoms with van der Waals surface area (Å²) in [6.07, 6.45) is 0. The number of nitrogens with one attached hydrogen (secondary N) is 1. The maximum absolute atomic E-state index is 11.2. The number of hydrogen-bond donors (Lipinski definition) is 2. The summed E-state index contributed by atoms with van der Waals surface area (Å²) in [5, 5.41) is 4.36. The lowest BCUT2D eigenvalue weighted by molar-refractivity contribution is -0.120. The van der Waals surface area contributed by atoms with Crippen LogP contribution in [0, 0.1) is 0 Å². The number of amides is 1. The van der Waals surface area contributed by atoms with Crippen LogP contribution in [0.25, 0.3) is 0 Å². The van der Waals surface area contributed by atoms with Gasteiger partial charge in [0.15, 0.2) is 12.0 Å². The Morgan fingerprint density at radius 2 is 2.50 bits per heavy atom. The van der Waals surface area contributed by atoms with Gasteiger partial charge in [-0.1, -0.05) is 6.07 Å². The van der Waals surface area contributed by atoms with E-state index < -0.39 is 6.04 Å². The molecule has 1 unspecified atom stereocenters. The van der Waals surface area contributed by atoms with E-state index in [2.05, 4.69) is 10.3 Å². The summed E-state index contributed by atoms with van der Waals surface area (Å²) in [4.78, 5) is 16.1. The van der Waals surface area contributed by atoms with Gasteiger partial charge in [-0.2, -0.15) is 0 Å². The van der Waals surface area contributed by atoms with Gasteiger partial charge in [0.1, 0.15) is 0 Å². The summed E-state index contributed by atoms with van der Waals surface area (Å²) in [7, 11) is 0. The number of guanidine groups is 1. The van der Waals surface area contributed by atoms with Crippen molar-refractivity contribution in [3.63, 3.8) is 0 Å². The first-order valence-electron chi connectivity index (χ1n) is 3.45. The Morgan fingerprint density at radius 3 is 3.00 bits per heavy atom. The fraction of sp³-hybridized carbons (Fsp3) is 0.143. The highest BCUT2D eigenvalue weighted by molar-refractivity contribution is 7.10. The number of carbonyl (C=O) groups is 1. The summed E-state index contributed by atoms with van der Waals surface area (Å²) in [6.45, 7) is 0. The number of nitrogens with zero attached hydrogens (tertiary/aromatic N) is 1. The third-order valence-electron chi connectivity index (χ3n) is 1.58. The summed E-state index contributed by atoms with van der Waals surface area (Å²) in [5.74, 6) is 0.0633. The number of nitrogens with two attached hydrogens (primary N) is 1. The fourth-order valence-electron chi connectivity index (χ4n) is 1.06. The highest BCUT2D eigenvalue weighted by atomic mass is 32.1. The second kappa shape index (κ2) is 2.60. The van der Waals surface area contributed by atoms with Gasteiger partial charge in [0.2, 0.25) is 0 Å². The van der Waals surface area contributed by atoms with Gasteiger partial charge in [-0.3, -0.25) is 10.1 Å². The van der Waals surface area contributed by atoms with Gasteiger partial charge in [-0.15, -0.1) is 11.3 Å². The molecule has 1 amide bonds. The number of rotatable bonds is 1. The van der Waals surface area contributed by atoms with Crippen LogP contribution in [0.2, 0.25) is 0 Å². The minimum Gasteiger partial charge on any atom is -0.370 e. The average molecular weight is 181 g/mol. The van der Waals surface area contributed by atoms with Crippen LogP contribution in [0.1, 0.15) is 10.9 Å². The molecule has 0 aliphatic carbocycles. The summed E-state index contributed by atoms with van der Waals surface area (Å²) in [6, 6.07) is 3.33. The van der Waals surface area contributed by atoms with E-state index in [4.69, 9.17) is 5.73 Å². The van der Waals surface area contributed by atoms with Crippen molar-refractivity contribution in [2.75, 3.05) is 0 Å². The predicted molar refractivity (Wildman–Crippen MR) is 46.8 cm³/mol. The van der Waals surface area contributed by atoms with E-state index in [9.17, 15) is 4.79 Å². The predicted octanol–water partition coefficient (Wildman–Crippen LogP) is 0.234. The zero-order valence-corrected chi connectivity index (χ0v) is 6.97. The molecule has 2 rings (SSSR count). The molecule has 0 radical (unpaired) electrons. The van der Waals surface area contributed by atoms with Gasteiger partial charge in [0, 0.05) is 4.88 Å². The third-order valence-corrected chi connectivity index (χ3v) is 2.51. The smallest absolute Gasteiger partial charge is 0.257 e. The van der Waals surface area contributed by atoms with Crippen LogP contribution in [0.5, 0.6) is 0 Å². The number of carbonyl (C=O) groups excluding carboxylic acids is 1. The second-order valence-corrected chi connectivity index (χ2v) is 3.40. The molecule has 0 aromatic carbocycles. The van der Waals surface area contributed by atoms with Crippen molar-refractivity contribution < 1.29 is 4.79 Å². The lowest BCUT2D eigenvalue weighted by Crippen LogP contribution is -2.31. The molecule has 2 heterocycles. The SMILES string of the molecule is NC1=NC(c2cccs2)C(=O)N1. The van der Waals surface area contributed by atoms with E-state index in [0.29, 0.717) is 0 Å². The van der Waals surface area contributed by atoms with Crippen LogP contribution in [0.3, 0.4) is 0 Å². The fourth-order valence-corrected chi connectivity index (χ4v) is 1.82. The van der Waals surface area contributed by atoms with Crippen LogP contribution >= 0.6 is 11.3 Å². The Bertz CT molecular complexity index is 330. The van der Waals surface area contributed by atoms with Crippen molar-refractivity contribution >= 4 is 23.2 Å². The van der Waals surface area contributed by atoms with E-state index >= 15 is 0 Å². The normalized spacial score (nSPS) is 22.2. The van der Waals surface area contributed by atoms with E-state index in [-0.39, 0.29) is 11.9 Å². The molecular weight excluding hydrogens is 174 g/mol. The first kappa shape index (κ1) is 7.30. The molecule has 0 spiro atoms. The molecule has 3 N–H and O–H groups in total. The molecule has 0 saturated carbocycles. The van der Waals surface area contributed by atoms with E-state index in [1.54, 1.807) is 0 Å². The Labute approximate surface area is 73.1 Å². The lowest BCUT2D eigenvalue weighted by Gasteiger charge is -1.98. The quantitative estimate of drug-likeness (QED) is 0.651. The molecule has 1 aromatic heterocycles. The first-order chi connectivity index (χ1) is 5.77. The molecule has 0 bridgehead atoms. The monoisotopic (exact) mass is 181 g/mol. The van der Waals surface area contributed by atoms with Crippen molar-refractivity contribution in [1.29, 1.82) is 0 Å². The Kier molecular flexibility index (Phi) is 1.58. The molecule has 5 heteroatoms. The maximum atomic E-state index is 11.2. The number of thiophene rings is 1. The number of aliphatic imine (C=N–C) groups is 1. The third kappa shape index (κ3) is 1.08. The molecule has 62 valence electrons. The Morgan fingerprint density at radius 1 is 1.67 bits per heavy atom. The molecule has 12 heavy (non-hydrogen) atoms. The van der Waals surface area contributed by atoms with Gasteiger partial charge < -0.3 is 5.73 Å². The van der Waals surface area contributed by atoms with E-state index in [1.807, 2.05) is 17.5 Å². The summed E-state index contributed by atoms with van der Waals surface area (Å²) < 4.78 is 0. The standard InChI is InChI=1S/C7H7N3OS/c8-7-9-5(6(11)10-7)4-2-1-3-12-4/h1-3,5H,(H3,8,9,10,11). The largest absolute Gasteiger partial charge is 0.370 e. The minimum atomic E-state index is -0.426. The zero-order chi connectivity index (χ0) is 8.55. The van der Waals surface area contributed by atoms with Crippen LogP contribution in [0.4, 0.5) is 0 Å². The number of hydrogen-bond acceptors (Lipinski definition) is 4. The Hall–Kier alpha value is -1.36. The van der Waals surface area contributed by atoms with Crippen LogP contribution in [-0.4, -0.2) is 11.9 Å². The molecule has 4 nitrogen and oxygen atoms in total. The van der Waals surface area contributed by atoms with Crippen molar-refractivity contribution in [3.8, 4) is 0 Å².